The van der Waals surface area contributed by atoms with E-state index in [0.29, 0.717) is 12.0 Å². The molecule has 0 saturated heterocycles. The maximum atomic E-state index is 13.4. The van der Waals surface area contributed by atoms with Crippen LogP contribution in [0.2, 0.25) is 0 Å². The Labute approximate surface area is 106 Å². The lowest BCUT2D eigenvalue weighted by molar-refractivity contribution is -0.142. The van der Waals surface area contributed by atoms with Crippen LogP contribution in [-0.2, 0) is 4.79 Å². The first-order chi connectivity index (χ1) is 8.56. The van der Waals surface area contributed by atoms with Gasteiger partial charge in [0.15, 0.2) is 0 Å². The van der Waals surface area contributed by atoms with Gasteiger partial charge in [0.2, 0.25) is 0 Å². The van der Waals surface area contributed by atoms with Crippen LogP contribution in [0.1, 0.15) is 31.2 Å². The predicted molar refractivity (Wildman–Crippen MR) is 68.1 cm³/mol. The highest BCUT2D eigenvalue weighted by molar-refractivity contribution is 5.70. The van der Waals surface area contributed by atoms with Crippen molar-refractivity contribution < 1.29 is 14.3 Å². The lowest BCUT2D eigenvalue weighted by Gasteiger charge is -2.28. The number of rotatable bonds is 3. The minimum Gasteiger partial charge on any atom is -0.481 e. The van der Waals surface area contributed by atoms with E-state index in [1.165, 1.54) is 6.07 Å². The number of carbonyl (C=O) groups is 1. The first-order valence-corrected chi connectivity index (χ1v) is 6.32. The van der Waals surface area contributed by atoms with Gasteiger partial charge in [0, 0.05) is 11.7 Å². The van der Waals surface area contributed by atoms with Crippen molar-refractivity contribution >= 4 is 11.7 Å². The molecule has 0 radical (unpaired) electrons. The van der Waals surface area contributed by atoms with Crippen LogP contribution in [0.3, 0.4) is 0 Å². The van der Waals surface area contributed by atoms with Crippen molar-refractivity contribution in [2.75, 3.05) is 5.32 Å². The number of carboxylic acids is 1. The molecule has 0 heterocycles. The van der Waals surface area contributed by atoms with Gasteiger partial charge < -0.3 is 10.4 Å². The smallest absolute Gasteiger partial charge is 0.306 e. The van der Waals surface area contributed by atoms with Crippen LogP contribution in [0.15, 0.2) is 18.2 Å². The minimum absolute atomic E-state index is 0.127. The van der Waals surface area contributed by atoms with Gasteiger partial charge >= 0.3 is 5.97 Å². The Morgan fingerprint density at radius 3 is 2.89 bits per heavy atom. The van der Waals surface area contributed by atoms with Gasteiger partial charge in [-0.1, -0.05) is 12.5 Å². The van der Waals surface area contributed by atoms with Crippen molar-refractivity contribution in [3.63, 3.8) is 0 Å². The van der Waals surface area contributed by atoms with E-state index < -0.39 is 5.97 Å². The third-order valence-electron chi connectivity index (χ3n) is 3.57. The van der Waals surface area contributed by atoms with Crippen LogP contribution in [0.4, 0.5) is 10.1 Å². The molecule has 2 atom stereocenters. The number of anilines is 1. The topological polar surface area (TPSA) is 49.3 Å². The average molecular weight is 251 g/mol. The van der Waals surface area contributed by atoms with Gasteiger partial charge in [0.25, 0.3) is 0 Å². The minimum atomic E-state index is -0.725. The maximum absolute atomic E-state index is 13.4. The Bertz CT molecular complexity index is 447. The predicted octanol–water partition coefficient (Wildman–Crippen LogP) is 3.19. The molecule has 4 heteroatoms. The molecular formula is C14H18FNO2. The third kappa shape index (κ3) is 3.00. The molecule has 2 rings (SSSR count). The number of halogens is 1. The summed E-state index contributed by atoms with van der Waals surface area (Å²) in [6.07, 6.45) is 3.21. The monoisotopic (exact) mass is 251 g/mol. The summed E-state index contributed by atoms with van der Waals surface area (Å²) >= 11 is 0. The van der Waals surface area contributed by atoms with Crippen molar-refractivity contribution in [1.29, 1.82) is 0 Å². The molecule has 1 aliphatic carbocycles. The van der Waals surface area contributed by atoms with E-state index in [1.54, 1.807) is 13.0 Å². The van der Waals surface area contributed by atoms with Crippen LogP contribution in [-0.4, -0.2) is 17.1 Å². The van der Waals surface area contributed by atoms with Crippen LogP contribution >= 0.6 is 0 Å². The first-order valence-electron chi connectivity index (χ1n) is 6.32. The van der Waals surface area contributed by atoms with E-state index >= 15 is 0 Å². The fraction of sp³-hybridized carbons (Fsp3) is 0.500. The molecular weight excluding hydrogens is 233 g/mol. The Kier molecular flexibility index (Phi) is 3.84. The maximum Gasteiger partial charge on any atom is 0.306 e. The van der Waals surface area contributed by atoms with Crippen molar-refractivity contribution in [1.82, 2.24) is 0 Å². The summed E-state index contributed by atoms with van der Waals surface area (Å²) in [4.78, 5) is 11.0. The van der Waals surface area contributed by atoms with E-state index in [0.717, 1.165) is 24.9 Å². The normalized spacial score (nSPS) is 23.7. The second-order valence-electron chi connectivity index (χ2n) is 5.01. The van der Waals surface area contributed by atoms with Gasteiger partial charge in [-0.2, -0.15) is 0 Å². The number of aliphatic carboxylic acids is 1. The Balaban J connectivity index is 2.00. The molecule has 18 heavy (non-hydrogen) atoms. The molecule has 0 amide bonds. The van der Waals surface area contributed by atoms with Crippen LogP contribution in [0, 0.1) is 18.7 Å². The largest absolute Gasteiger partial charge is 0.481 e. The zero-order valence-corrected chi connectivity index (χ0v) is 10.4. The molecule has 1 aromatic carbocycles. The highest BCUT2D eigenvalue weighted by atomic mass is 19.1. The van der Waals surface area contributed by atoms with Crippen molar-refractivity contribution in [3.8, 4) is 0 Å². The third-order valence-corrected chi connectivity index (χ3v) is 3.57. The molecule has 1 saturated carbocycles. The average Bonchev–Trinajstić information content (AvgIpc) is 2.34. The first kappa shape index (κ1) is 12.9. The highest BCUT2D eigenvalue weighted by Crippen LogP contribution is 2.27. The van der Waals surface area contributed by atoms with E-state index in [9.17, 15) is 9.18 Å². The standard InChI is InChI=1S/C14H18FNO2/c1-9-5-6-12(8-13(9)15)16-11-4-2-3-10(7-11)14(17)18/h5-6,8,10-11,16H,2-4,7H2,1H3,(H,17,18). The molecule has 0 spiro atoms. The molecule has 2 unspecified atom stereocenters. The molecule has 0 aliphatic heterocycles. The quantitative estimate of drug-likeness (QED) is 0.867. The van der Waals surface area contributed by atoms with Crippen LogP contribution in [0.25, 0.3) is 0 Å². The summed E-state index contributed by atoms with van der Waals surface area (Å²) < 4.78 is 13.4. The number of aryl methyl sites for hydroxylation is 1. The molecule has 98 valence electrons. The summed E-state index contributed by atoms with van der Waals surface area (Å²) in [6, 6.07) is 5.17. The molecule has 2 N–H and O–H groups in total. The molecule has 1 aromatic rings. The van der Waals surface area contributed by atoms with Gasteiger partial charge in [-0.25, -0.2) is 4.39 Å². The lowest BCUT2D eigenvalue weighted by atomic mass is 9.85. The summed E-state index contributed by atoms with van der Waals surface area (Å²) in [7, 11) is 0. The fourth-order valence-electron chi connectivity index (χ4n) is 2.46. The molecule has 1 aliphatic rings. The van der Waals surface area contributed by atoms with Crippen LogP contribution in [0.5, 0.6) is 0 Å². The van der Waals surface area contributed by atoms with E-state index in [2.05, 4.69) is 5.32 Å². The summed E-state index contributed by atoms with van der Waals surface area (Å²) in [5, 5.41) is 12.2. The Morgan fingerprint density at radius 2 is 2.22 bits per heavy atom. The van der Waals surface area contributed by atoms with E-state index in [1.807, 2.05) is 6.07 Å². The van der Waals surface area contributed by atoms with Gasteiger partial charge in [-0.05, 0) is 43.9 Å². The van der Waals surface area contributed by atoms with Gasteiger partial charge in [0.05, 0.1) is 5.92 Å². The second-order valence-corrected chi connectivity index (χ2v) is 5.01. The number of benzene rings is 1. The molecule has 1 fully saturated rings. The van der Waals surface area contributed by atoms with Crippen LogP contribution < -0.4 is 5.32 Å². The highest BCUT2D eigenvalue weighted by Gasteiger charge is 2.26. The summed E-state index contributed by atoms with van der Waals surface area (Å²) in [5.74, 6) is -1.23. The van der Waals surface area contributed by atoms with Crippen molar-refractivity contribution in [2.45, 2.75) is 38.6 Å². The molecule has 3 nitrogen and oxygen atoms in total. The zero-order chi connectivity index (χ0) is 13.1. The van der Waals surface area contributed by atoms with Crippen molar-refractivity contribution in [2.24, 2.45) is 5.92 Å². The number of nitrogens with one attached hydrogen (secondary N) is 1. The number of carboxylic acid groups (broad SMARTS) is 1. The van der Waals surface area contributed by atoms with Crippen molar-refractivity contribution in [3.05, 3.63) is 29.6 Å². The second kappa shape index (κ2) is 5.38. The molecule has 0 aromatic heterocycles. The number of hydrogen-bond acceptors (Lipinski definition) is 2. The Hall–Kier alpha value is -1.58. The Morgan fingerprint density at radius 1 is 1.44 bits per heavy atom. The SMILES string of the molecule is Cc1ccc(NC2CCCC(C(=O)O)C2)cc1F. The number of hydrogen-bond donors (Lipinski definition) is 2. The molecule has 0 bridgehead atoms. The summed E-state index contributed by atoms with van der Waals surface area (Å²) in [6.45, 7) is 1.72. The van der Waals surface area contributed by atoms with Gasteiger partial charge in [-0.15, -0.1) is 0 Å². The van der Waals surface area contributed by atoms with Gasteiger partial charge in [-0.3, -0.25) is 4.79 Å². The fourth-order valence-corrected chi connectivity index (χ4v) is 2.46. The van der Waals surface area contributed by atoms with E-state index in [4.69, 9.17) is 5.11 Å². The zero-order valence-electron chi connectivity index (χ0n) is 10.4. The van der Waals surface area contributed by atoms with E-state index in [-0.39, 0.29) is 17.8 Å². The summed E-state index contributed by atoms with van der Waals surface area (Å²) in [5.41, 5.74) is 1.35. The van der Waals surface area contributed by atoms with Gasteiger partial charge in [0.1, 0.15) is 5.82 Å². The lowest BCUT2D eigenvalue weighted by Crippen LogP contribution is -2.30.